The lowest BCUT2D eigenvalue weighted by molar-refractivity contribution is -0.122. The molecule has 0 aromatic heterocycles. The topological polar surface area (TPSA) is 74.8 Å². The number of benzene rings is 2. The third kappa shape index (κ3) is 2.69. The molecule has 0 bridgehead atoms. The van der Waals surface area contributed by atoms with E-state index in [2.05, 4.69) is 0 Å². The number of hydrogen-bond donors (Lipinski definition) is 0. The first kappa shape index (κ1) is 16.2. The van der Waals surface area contributed by atoms with Crippen molar-refractivity contribution in [3.05, 3.63) is 48.5 Å². The van der Waals surface area contributed by atoms with Gasteiger partial charge < -0.3 is 0 Å². The number of nitrogens with zero attached hydrogens (tertiary/aromatic N) is 2. The van der Waals surface area contributed by atoms with Crippen LogP contribution in [0.2, 0.25) is 0 Å². The van der Waals surface area contributed by atoms with E-state index in [0.29, 0.717) is 11.4 Å². The number of carbonyl (C=O) groups is 4. The van der Waals surface area contributed by atoms with Gasteiger partial charge in [-0.15, -0.1) is 0 Å². The van der Waals surface area contributed by atoms with E-state index in [0.717, 1.165) is 11.1 Å². The summed E-state index contributed by atoms with van der Waals surface area (Å²) in [4.78, 5) is 49.6. The van der Waals surface area contributed by atoms with Gasteiger partial charge >= 0.3 is 0 Å². The highest BCUT2D eigenvalue weighted by Crippen LogP contribution is 2.29. The molecule has 2 aromatic rings. The highest BCUT2D eigenvalue weighted by atomic mass is 16.2. The van der Waals surface area contributed by atoms with Gasteiger partial charge in [0.15, 0.2) is 0 Å². The van der Waals surface area contributed by atoms with Crippen LogP contribution in [0.1, 0.15) is 25.7 Å². The highest BCUT2D eigenvalue weighted by Gasteiger charge is 2.31. The first-order valence-corrected chi connectivity index (χ1v) is 8.47. The number of rotatable bonds is 3. The summed E-state index contributed by atoms with van der Waals surface area (Å²) in [6, 6.07) is 14.4. The van der Waals surface area contributed by atoms with Gasteiger partial charge in [-0.05, 0) is 35.4 Å². The first-order valence-electron chi connectivity index (χ1n) is 8.47. The molecule has 0 unspecified atom stereocenters. The SMILES string of the molecule is O=C1CCC(=O)N1c1ccc(-c2ccc(N3C(=O)CCC3=O)cc2)cc1. The second-order valence-corrected chi connectivity index (χ2v) is 6.34. The van der Waals surface area contributed by atoms with E-state index in [-0.39, 0.29) is 49.3 Å². The predicted octanol–water partition coefficient (Wildman–Crippen LogP) is 2.66. The summed E-state index contributed by atoms with van der Waals surface area (Å²) in [6.07, 6.45) is 1.04. The Kier molecular flexibility index (Phi) is 3.88. The van der Waals surface area contributed by atoms with Crippen molar-refractivity contribution < 1.29 is 19.2 Å². The molecule has 2 aliphatic heterocycles. The van der Waals surface area contributed by atoms with Crippen molar-refractivity contribution in [2.75, 3.05) is 9.80 Å². The fourth-order valence-corrected chi connectivity index (χ4v) is 3.33. The van der Waals surface area contributed by atoms with E-state index in [1.165, 1.54) is 9.80 Å². The second kappa shape index (κ2) is 6.22. The number of carbonyl (C=O) groups excluding carboxylic acids is 4. The Balaban J connectivity index is 1.56. The lowest BCUT2D eigenvalue weighted by Crippen LogP contribution is -2.28. The molecule has 2 aliphatic rings. The lowest BCUT2D eigenvalue weighted by Gasteiger charge is -2.15. The fourth-order valence-electron chi connectivity index (χ4n) is 3.33. The van der Waals surface area contributed by atoms with Crippen molar-refractivity contribution in [3.8, 4) is 11.1 Å². The summed E-state index contributed by atoms with van der Waals surface area (Å²) in [5.74, 6) is -0.696. The van der Waals surface area contributed by atoms with Crippen LogP contribution >= 0.6 is 0 Å². The Hall–Kier alpha value is -3.28. The molecular formula is C20H16N2O4. The minimum absolute atomic E-state index is 0.174. The molecule has 2 aromatic carbocycles. The van der Waals surface area contributed by atoms with Crippen LogP contribution in [0.3, 0.4) is 0 Å². The molecule has 0 saturated carbocycles. The molecule has 2 saturated heterocycles. The van der Waals surface area contributed by atoms with Crippen LogP contribution in [0.5, 0.6) is 0 Å². The van der Waals surface area contributed by atoms with Gasteiger partial charge in [0, 0.05) is 25.7 Å². The molecule has 2 heterocycles. The zero-order chi connectivity index (χ0) is 18.3. The number of amides is 4. The monoisotopic (exact) mass is 348 g/mol. The Morgan fingerprint density at radius 1 is 0.462 bits per heavy atom. The van der Waals surface area contributed by atoms with E-state index >= 15 is 0 Å². The van der Waals surface area contributed by atoms with Gasteiger partial charge in [-0.1, -0.05) is 24.3 Å². The normalized spacial score (nSPS) is 17.5. The lowest BCUT2D eigenvalue weighted by atomic mass is 10.0. The molecule has 4 amide bonds. The maximum absolute atomic E-state index is 11.8. The molecular weight excluding hydrogens is 332 g/mol. The smallest absolute Gasteiger partial charge is 0.234 e. The molecule has 130 valence electrons. The molecule has 6 nitrogen and oxygen atoms in total. The van der Waals surface area contributed by atoms with Crippen molar-refractivity contribution in [2.24, 2.45) is 0 Å². The summed E-state index contributed by atoms with van der Waals surface area (Å²) in [7, 11) is 0. The van der Waals surface area contributed by atoms with E-state index in [4.69, 9.17) is 0 Å². The summed E-state index contributed by atoms with van der Waals surface area (Å²) >= 11 is 0. The predicted molar refractivity (Wildman–Crippen MR) is 95.3 cm³/mol. The van der Waals surface area contributed by atoms with Gasteiger partial charge in [-0.25, -0.2) is 0 Å². The van der Waals surface area contributed by atoms with Gasteiger partial charge in [0.25, 0.3) is 0 Å². The van der Waals surface area contributed by atoms with Crippen LogP contribution in [-0.4, -0.2) is 23.6 Å². The van der Waals surface area contributed by atoms with Gasteiger partial charge in [0.2, 0.25) is 23.6 Å². The van der Waals surface area contributed by atoms with Crippen LogP contribution in [0.4, 0.5) is 11.4 Å². The van der Waals surface area contributed by atoms with Gasteiger partial charge in [0.05, 0.1) is 11.4 Å². The Bertz CT molecular complexity index is 806. The minimum Gasteiger partial charge on any atom is -0.274 e. The van der Waals surface area contributed by atoms with Crippen molar-refractivity contribution in [2.45, 2.75) is 25.7 Å². The zero-order valence-electron chi connectivity index (χ0n) is 14.0. The fraction of sp³-hybridized carbons (Fsp3) is 0.200. The Morgan fingerprint density at radius 2 is 0.731 bits per heavy atom. The molecule has 0 atom stereocenters. The van der Waals surface area contributed by atoms with E-state index in [1.54, 1.807) is 24.3 Å². The van der Waals surface area contributed by atoms with Gasteiger partial charge in [0.1, 0.15) is 0 Å². The van der Waals surface area contributed by atoms with Crippen LogP contribution in [0.25, 0.3) is 11.1 Å². The van der Waals surface area contributed by atoms with E-state index in [1.807, 2.05) is 24.3 Å². The van der Waals surface area contributed by atoms with Crippen LogP contribution < -0.4 is 9.80 Å². The standard InChI is InChI=1S/C20H16N2O4/c23-17-9-10-18(24)21(17)15-5-1-13(2-6-15)14-3-7-16(8-4-14)22-19(25)11-12-20(22)26/h1-8H,9-12H2. The summed E-state index contributed by atoms with van der Waals surface area (Å²) in [6.45, 7) is 0. The van der Waals surface area contributed by atoms with Crippen LogP contribution in [0, 0.1) is 0 Å². The minimum atomic E-state index is -0.174. The van der Waals surface area contributed by atoms with Crippen molar-refractivity contribution in [3.63, 3.8) is 0 Å². The van der Waals surface area contributed by atoms with Gasteiger partial charge in [-0.2, -0.15) is 0 Å². The number of imide groups is 2. The van der Waals surface area contributed by atoms with E-state index < -0.39 is 0 Å². The first-order chi connectivity index (χ1) is 12.5. The quantitative estimate of drug-likeness (QED) is 0.799. The Morgan fingerprint density at radius 3 is 1.00 bits per heavy atom. The molecule has 0 N–H and O–H groups in total. The number of anilines is 2. The summed E-state index contributed by atoms with van der Waals surface area (Å²) in [5, 5.41) is 0. The van der Waals surface area contributed by atoms with Crippen molar-refractivity contribution in [1.29, 1.82) is 0 Å². The summed E-state index contributed by atoms with van der Waals surface area (Å²) < 4.78 is 0. The average Bonchev–Trinajstić information content (AvgIpc) is 3.16. The second-order valence-electron chi connectivity index (χ2n) is 6.34. The third-order valence-electron chi connectivity index (χ3n) is 4.69. The average molecular weight is 348 g/mol. The molecule has 6 heteroatoms. The molecule has 0 radical (unpaired) electrons. The Labute approximate surface area is 150 Å². The molecule has 0 aliphatic carbocycles. The van der Waals surface area contributed by atoms with Crippen LogP contribution in [0.15, 0.2) is 48.5 Å². The zero-order valence-corrected chi connectivity index (χ0v) is 14.0. The number of hydrogen-bond acceptors (Lipinski definition) is 4. The molecule has 0 spiro atoms. The molecule has 4 rings (SSSR count). The maximum atomic E-state index is 11.8. The van der Waals surface area contributed by atoms with Crippen molar-refractivity contribution >= 4 is 35.0 Å². The van der Waals surface area contributed by atoms with Gasteiger partial charge in [-0.3, -0.25) is 29.0 Å². The molecule has 2 fully saturated rings. The van der Waals surface area contributed by atoms with Crippen LogP contribution in [-0.2, 0) is 19.2 Å². The highest BCUT2D eigenvalue weighted by molar-refractivity contribution is 6.20. The van der Waals surface area contributed by atoms with Crippen molar-refractivity contribution in [1.82, 2.24) is 0 Å². The third-order valence-corrected chi connectivity index (χ3v) is 4.69. The molecule has 26 heavy (non-hydrogen) atoms. The largest absolute Gasteiger partial charge is 0.274 e. The van der Waals surface area contributed by atoms with E-state index in [9.17, 15) is 19.2 Å². The summed E-state index contributed by atoms with van der Waals surface area (Å²) in [5.41, 5.74) is 2.98. The maximum Gasteiger partial charge on any atom is 0.234 e.